The van der Waals surface area contributed by atoms with E-state index >= 15 is 0 Å². The van der Waals surface area contributed by atoms with Crippen molar-refractivity contribution < 1.29 is 9.53 Å². The highest BCUT2D eigenvalue weighted by atomic mass is 32.2. The van der Waals surface area contributed by atoms with Crippen LogP contribution in [0.15, 0.2) is 52.9 Å². The molecule has 29 heavy (non-hydrogen) atoms. The summed E-state index contributed by atoms with van der Waals surface area (Å²) in [7, 11) is 1.63. The van der Waals surface area contributed by atoms with Gasteiger partial charge in [0, 0.05) is 0 Å². The van der Waals surface area contributed by atoms with Crippen molar-refractivity contribution in [3.05, 3.63) is 59.7 Å². The highest BCUT2D eigenvalue weighted by Gasteiger charge is 2.14. The van der Waals surface area contributed by atoms with Gasteiger partial charge in [0.1, 0.15) is 5.75 Å². The molecule has 1 aromatic heterocycles. The van der Waals surface area contributed by atoms with Gasteiger partial charge in [0.15, 0.2) is 4.34 Å². The predicted octanol–water partition coefficient (Wildman–Crippen LogP) is 4.96. The quantitative estimate of drug-likeness (QED) is 0.469. The Labute approximate surface area is 179 Å². The molecule has 0 bridgehead atoms. The molecule has 6 nitrogen and oxygen atoms in total. The summed E-state index contributed by atoms with van der Waals surface area (Å²) in [6, 6.07) is 15.9. The van der Waals surface area contributed by atoms with Gasteiger partial charge in [-0.3, -0.25) is 4.79 Å². The fourth-order valence-electron chi connectivity index (χ4n) is 2.76. The lowest BCUT2D eigenvalue weighted by molar-refractivity contribution is -0.119. The standard InChI is InChI=1S/C21H24N4O2S2/c1-4-16(15-11-9-14(2)10-12-15)22-19(26)13-28-21-25-24-20(29-21)23-17-7-5-6-8-18(17)27-3/h5-12,16H,4,13H2,1-3H3,(H,22,26)(H,23,24)/t16-/m1/s1. The number of hydrogen-bond acceptors (Lipinski definition) is 7. The van der Waals surface area contributed by atoms with Gasteiger partial charge in [0.05, 0.1) is 24.6 Å². The molecule has 3 aromatic rings. The van der Waals surface area contributed by atoms with Crippen LogP contribution in [0.25, 0.3) is 0 Å². The second-order valence-electron chi connectivity index (χ2n) is 6.43. The monoisotopic (exact) mass is 428 g/mol. The Morgan fingerprint density at radius 2 is 1.93 bits per heavy atom. The normalized spacial score (nSPS) is 11.7. The molecule has 3 rings (SSSR count). The summed E-state index contributed by atoms with van der Waals surface area (Å²) in [5, 5.41) is 15.3. The van der Waals surface area contributed by atoms with Crippen LogP contribution < -0.4 is 15.4 Å². The van der Waals surface area contributed by atoms with Crippen LogP contribution in [0, 0.1) is 6.92 Å². The molecule has 0 fully saturated rings. The van der Waals surface area contributed by atoms with E-state index in [2.05, 4.69) is 58.9 Å². The van der Waals surface area contributed by atoms with Gasteiger partial charge in [-0.15, -0.1) is 10.2 Å². The number of anilines is 2. The van der Waals surface area contributed by atoms with Gasteiger partial charge >= 0.3 is 0 Å². The van der Waals surface area contributed by atoms with Crippen LogP contribution in [0.2, 0.25) is 0 Å². The number of methoxy groups -OCH3 is 1. The number of amides is 1. The minimum absolute atomic E-state index is 0.0147. The maximum Gasteiger partial charge on any atom is 0.230 e. The Bertz CT molecular complexity index is 944. The van der Waals surface area contributed by atoms with Crippen LogP contribution in [-0.2, 0) is 4.79 Å². The van der Waals surface area contributed by atoms with E-state index in [-0.39, 0.29) is 11.9 Å². The number of carbonyl (C=O) groups excluding carboxylic acids is 1. The van der Waals surface area contributed by atoms with Gasteiger partial charge in [-0.05, 0) is 31.0 Å². The first-order valence-corrected chi connectivity index (χ1v) is 11.1. The Kier molecular flexibility index (Phi) is 7.48. The molecule has 0 radical (unpaired) electrons. The number of benzene rings is 2. The number of para-hydroxylation sites is 2. The number of thioether (sulfide) groups is 1. The fraction of sp³-hybridized carbons (Fsp3) is 0.286. The summed E-state index contributed by atoms with van der Waals surface area (Å²) in [6.45, 7) is 4.12. The minimum atomic E-state index is -0.0168. The molecule has 1 amide bonds. The topological polar surface area (TPSA) is 76.1 Å². The molecule has 0 spiro atoms. The van der Waals surface area contributed by atoms with Gasteiger partial charge in [0.2, 0.25) is 11.0 Å². The van der Waals surface area contributed by atoms with E-state index in [9.17, 15) is 4.79 Å². The van der Waals surface area contributed by atoms with Crippen molar-refractivity contribution in [1.29, 1.82) is 0 Å². The molecule has 0 saturated heterocycles. The van der Waals surface area contributed by atoms with E-state index in [0.717, 1.165) is 27.8 Å². The molecule has 0 aliphatic rings. The average molecular weight is 429 g/mol. The van der Waals surface area contributed by atoms with Gasteiger partial charge < -0.3 is 15.4 Å². The van der Waals surface area contributed by atoms with Crippen LogP contribution in [0.5, 0.6) is 5.75 Å². The third-order valence-corrected chi connectivity index (χ3v) is 6.28. The van der Waals surface area contributed by atoms with Crippen molar-refractivity contribution in [1.82, 2.24) is 15.5 Å². The van der Waals surface area contributed by atoms with Crippen LogP contribution in [-0.4, -0.2) is 29.0 Å². The number of nitrogens with one attached hydrogen (secondary N) is 2. The number of carbonyl (C=O) groups is 1. The number of hydrogen-bond donors (Lipinski definition) is 2. The summed E-state index contributed by atoms with van der Waals surface area (Å²) in [4.78, 5) is 12.4. The highest BCUT2D eigenvalue weighted by Crippen LogP contribution is 2.31. The Morgan fingerprint density at radius 1 is 1.17 bits per heavy atom. The average Bonchev–Trinajstić information content (AvgIpc) is 3.19. The zero-order valence-electron chi connectivity index (χ0n) is 16.6. The molecule has 2 aromatic carbocycles. The second-order valence-corrected chi connectivity index (χ2v) is 8.63. The lowest BCUT2D eigenvalue weighted by Gasteiger charge is -2.17. The van der Waals surface area contributed by atoms with Crippen molar-refractivity contribution in [2.75, 3.05) is 18.2 Å². The summed E-state index contributed by atoms with van der Waals surface area (Å²) in [5.41, 5.74) is 3.15. The molecule has 0 aliphatic heterocycles. The summed E-state index contributed by atoms with van der Waals surface area (Å²) >= 11 is 2.79. The van der Waals surface area contributed by atoms with Crippen molar-refractivity contribution in [2.24, 2.45) is 0 Å². The molecular weight excluding hydrogens is 404 g/mol. The zero-order chi connectivity index (χ0) is 20.6. The molecule has 0 aliphatic carbocycles. The Balaban J connectivity index is 1.53. The number of aryl methyl sites for hydroxylation is 1. The maximum atomic E-state index is 12.4. The summed E-state index contributed by atoms with van der Waals surface area (Å²) in [5.74, 6) is 1.01. The third kappa shape index (κ3) is 5.95. The SMILES string of the molecule is CC[C@@H](NC(=O)CSc1nnc(Nc2ccccc2OC)s1)c1ccc(C)cc1. The van der Waals surface area contributed by atoms with E-state index in [1.54, 1.807) is 7.11 Å². The van der Waals surface area contributed by atoms with Crippen LogP contribution in [0.3, 0.4) is 0 Å². The molecule has 2 N–H and O–H groups in total. The zero-order valence-corrected chi connectivity index (χ0v) is 18.3. The van der Waals surface area contributed by atoms with Crippen molar-refractivity contribution in [3.63, 3.8) is 0 Å². The van der Waals surface area contributed by atoms with E-state index < -0.39 is 0 Å². The molecule has 1 atom stereocenters. The van der Waals surface area contributed by atoms with Crippen molar-refractivity contribution in [3.8, 4) is 5.75 Å². The minimum Gasteiger partial charge on any atom is -0.495 e. The first-order chi connectivity index (χ1) is 14.1. The lowest BCUT2D eigenvalue weighted by atomic mass is 10.0. The Hall–Kier alpha value is -2.58. The Morgan fingerprint density at radius 3 is 2.66 bits per heavy atom. The first-order valence-electron chi connectivity index (χ1n) is 9.31. The molecule has 152 valence electrons. The van der Waals surface area contributed by atoms with Gasteiger partial charge in [-0.25, -0.2) is 0 Å². The van der Waals surface area contributed by atoms with Gasteiger partial charge in [-0.1, -0.05) is 72.0 Å². The molecule has 8 heteroatoms. The molecule has 0 saturated carbocycles. The van der Waals surface area contributed by atoms with Crippen LogP contribution in [0.4, 0.5) is 10.8 Å². The van der Waals surface area contributed by atoms with Crippen LogP contribution in [0.1, 0.15) is 30.5 Å². The lowest BCUT2D eigenvalue weighted by Crippen LogP contribution is -2.29. The van der Waals surface area contributed by atoms with Crippen LogP contribution >= 0.6 is 23.1 Å². The number of aromatic nitrogens is 2. The van der Waals surface area contributed by atoms with E-state index in [1.165, 1.54) is 28.7 Å². The fourth-order valence-corrected chi connectivity index (χ4v) is 4.34. The first kappa shape index (κ1) is 21.1. The smallest absolute Gasteiger partial charge is 0.230 e. The predicted molar refractivity (Wildman–Crippen MR) is 119 cm³/mol. The largest absolute Gasteiger partial charge is 0.495 e. The number of nitrogens with zero attached hydrogens (tertiary/aromatic N) is 2. The van der Waals surface area contributed by atoms with Gasteiger partial charge in [-0.2, -0.15) is 0 Å². The molecular formula is C21H24N4O2S2. The van der Waals surface area contributed by atoms with Gasteiger partial charge in [0.25, 0.3) is 0 Å². The highest BCUT2D eigenvalue weighted by molar-refractivity contribution is 8.01. The second kappa shape index (κ2) is 10.3. The summed E-state index contributed by atoms with van der Waals surface area (Å²) < 4.78 is 6.07. The number of ether oxygens (including phenoxy) is 1. The molecule has 0 unspecified atom stereocenters. The third-order valence-electron chi connectivity index (χ3n) is 4.30. The van der Waals surface area contributed by atoms with Crippen molar-refractivity contribution >= 4 is 39.8 Å². The maximum absolute atomic E-state index is 12.4. The van der Waals surface area contributed by atoms with Crippen molar-refractivity contribution in [2.45, 2.75) is 30.6 Å². The molecule has 1 heterocycles. The van der Waals surface area contributed by atoms with E-state index in [4.69, 9.17) is 4.74 Å². The van der Waals surface area contributed by atoms with E-state index in [0.29, 0.717) is 10.9 Å². The summed E-state index contributed by atoms with van der Waals surface area (Å²) in [6.07, 6.45) is 0.839. The number of rotatable bonds is 9. The van der Waals surface area contributed by atoms with E-state index in [1.807, 2.05) is 24.3 Å².